The van der Waals surface area contributed by atoms with E-state index in [1.807, 2.05) is 36.4 Å². The smallest absolute Gasteiger partial charge is 0.164 e. The molecule has 47 heavy (non-hydrogen) atoms. The maximum Gasteiger partial charge on any atom is 0.164 e. The van der Waals surface area contributed by atoms with Gasteiger partial charge in [-0.3, -0.25) is 0 Å². The summed E-state index contributed by atoms with van der Waals surface area (Å²) in [5.41, 5.74) is 7.75. The van der Waals surface area contributed by atoms with Gasteiger partial charge in [-0.15, -0.1) is 11.3 Å². The zero-order chi connectivity index (χ0) is 31.2. The minimum atomic E-state index is 0.659. The van der Waals surface area contributed by atoms with Gasteiger partial charge in [0.05, 0.1) is 0 Å². The van der Waals surface area contributed by atoms with Crippen LogP contribution >= 0.6 is 11.3 Å². The Morgan fingerprint density at radius 1 is 0.298 bits per heavy atom. The third kappa shape index (κ3) is 5.15. The zero-order valence-electron chi connectivity index (χ0n) is 25.3. The lowest BCUT2D eigenvalue weighted by Crippen LogP contribution is -2.00. The molecule has 0 amide bonds. The number of rotatable bonds is 5. The molecule has 220 valence electrons. The molecule has 0 unspecified atom stereocenters. The van der Waals surface area contributed by atoms with Crippen LogP contribution in [0.15, 0.2) is 164 Å². The topological polar surface area (TPSA) is 38.7 Å². The quantitative estimate of drug-likeness (QED) is 0.193. The van der Waals surface area contributed by atoms with E-state index >= 15 is 0 Å². The van der Waals surface area contributed by atoms with Crippen LogP contribution in [0.1, 0.15) is 0 Å². The van der Waals surface area contributed by atoms with Crippen LogP contribution in [0.3, 0.4) is 0 Å². The van der Waals surface area contributed by atoms with Crippen LogP contribution < -0.4 is 0 Å². The molecule has 4 heteroatoms. The summed E-state index contributed by atoms with van der Waals surface area (Å²) in [5, 5.41) is 4.84. The molecule has 0 aliphatic carbocycles. The van der Waals surface area contributed by atoms with Crippen LogP contribution in [0.2, 0.25) is 0 Å². The minimum Gasteiger partial charge on any atom is -0.208 e. The van der Waals surface area contributed by atoms with E-state index in [0.29, 0.717) is 17.5 Å². The highest BCUT2D eigenvalue weighted by Crippen LogP contribution is 2.38. The first kappa shape index (κ1) is 27.3. The monoisotopic (exact) mass is 617 g/mol. The van der Waals surface area contributed by atoms with Crippen LogP contribution in [0.4, 0.5) is 0 Å². The van der Waals surface area contributed by atoms with Gasteiger partial charge in [-0.1, -0.05) is 133 Å². The van der Waals surface area contributed by atoms with Crippen molar-refractivity contribution in [3.05, 3.63) is 164 Å². The summed E-state index contributed by atoms with van der Waals surface area (Å²) in [5.74, 6) is 1.98. The van der Waals surface area contributed by atoms with Gasteiger partial charge >= 0.3 is 0 Å². The Hall–Kier alpha value is -5.97. The summed E-state index contributed by atoms with van der Waals surface area (Å²) in [4.78, 5) is 15.1. The summed E-state index contributed by atoms with van der Waals surface area (Å²) in [7, 11) is 0. The highest BCUT2D eigenvalue weighted by molar-refractivity contribution is 7.25. The molecular weight excluding hydrogens is 591 g/mol. The average Bonchev–Trinajstić information content (AvgIpc) is 3.52. The Kier molecular flexibility index (Phi) is 6.65. The Morgan fingerprint density at radius 3 is 1.40 bits per heavy atom. The van der Waals surface area contributed by atoms with Gasteiger partial charge in [-0.05, 0) is 63.4 Å². The molecular formula is C43H27N3S. The molecule has 9 rings (SSSR count). The van der Waals surface area contributed by atoms with E-state index in [9.17, 15) is 0 Å². The summed E-state index contributed by atoms with van der Waals surface area (Å²) in [6.45, 7) is 0. The minimum absolute atomic E-state index is 0.659. The maximum absolute atomic E-state index is 5.07. The fraction of sp³-hybridized carbons (Fsp3) is 0. The standard InChI is InChI=1S/C43H27N3S/c1-4-10-28(11-5-1)31-16-17-33-25-35(19-18-32(33)24-31)42-44-41(30-14-8-3-9-15-30)45-43(46-42)36-20-22-37-38-26-34(29-12-6-2-7-13-29)21-23-39(38)47-40(37)27-36/h1-27H. The van der Waals surface area contributed by atoms with Gasteiger partial charge in [-0.25, -0.2) is 15.0 Å². The van der Waals surface area contributed by atoms with Gasteiger partial charge in [0.1, 0.15) is 0 Å². The average molecular weight is 618 g/mol. The second-order valence-corrected chi connectivity index (χ2v) is 12.8. The van der Waals surface area contributed by atoms with E-state index in [0.717, 1.165) is 22.1 Å². The lowest BCUT2D eigenvalue weighted by atomic mass is 10.00. The van der Waals surface area contributed by atoms with Crippen LogP contribution in [-0.2, 0) is 0 Å². The Morgan fingerprint density at radius 2 is 0.766 bits per heavy atom. The SMILES string of the molecule is c1ccc(-c2ccc3cc(-c4nc(-c5ccccc5)nc(-c5ccc6c(c5)sc5ccc(-c7ccccc7)cc56)n4)ccc3c2)cc1. The van der Waals surface area contributed by atoms with Crippen LogP contribution in [-0.4, -0.2) is 15.0 Å². The van der Waals surface area contributed by atoms with Gasteiger partial charge in [0.25, 0.3) is 0 Å². The van der Waals surface area contributed by atoms with E-state index in [2.05, 4.69) is 127 Å². The Labute approximate surface area is 276 Å². The molecule has 0 radical (unpaired) electrons. The molecule has 3 nitrogen and oxygen atoms in total. The van der Waals surface area contributed by atoms with Crippen molar-refractivity contribution in [2.75, 3.05) is 0 Å². The zero-order valence-corrected chi connectivity index (χ0v) is 26.2. The van der Waals surface area contributed by atoms with Crippen molar-refractivity contribution in [3.63, 3.8) is 0 Å². The largest absolute Gasteiger partial charge is 0.208 e. The molecule has 0 N–H and O–H groups in total. The third-order valence-electron chi connectivity index (χ3n) is 8.71. The van der Waals surface area contributed by atoms with E-state index in [1.165, 1.54) is 47.8 Å². The van der Waals surface area contributed by atoms with E-state index in [-0.39, 0.29) is 0 Å². The Bertz CT molecular complexity index is 2560. The first-order chi connectivity index (χ1) is 23.2. The third-order valence-corrected chi connectivity index (χ3v) is 9.84. The van der Waals surface area contributed by atoms with E-state index < -0.39 is 0 Å². The molecule has 0 aliphatic rings. The predicted molar refractivity (Wildman–Crippen MR) is 197 cm³/mol. The number of aromatic nitrogens is 3. The molecule has 0 saturated heterocycles. The number of fused-ring (bicyclic) bond motifs is 4. The summed E-state index contributed by atoms with van der Waals surface area (Å²) in [6.07, 6.45) is 0. The summed E-state index contributed by atoms with van der Waals surface area (Å²) >= 11 is 1.81. The number of benzene rings is 7. The summed E-state index contributed by atoms with van der Waals surface area (Å²) < 4.78 is 2.48. The molecule has 0 bridgehead atoms. The highest BCUT2D eigenvalue weighted by atomic mass is 32.1. The second kappa shape index (κ2) is 11.4. The molecule has 0 saturated carbocycles. The Balaban J connectivity index is 1.15. The van der Waals surface area contributed by atoms with Gasteiger partial charge in [0.2, 0.25) is 0 Å². The molecule has 0 spiro atoms. The lowest BCUT2D eigenvalue weighted by Gasteiger charge is -2.10. The first-order valence-electron chi connectivity index (χ1n) is 15.7. The van der Waals surface area contributed by atoms with Crippen LogP contribution in [0, 0.1) is 0 Å². The molecule has 0 fully saturated rings. The van der Waals surface area contributed by atoms with Crippen molar-refractivity contribution < 1.29 is 0 Å². The van der Waals surface area contributed by atoms with Crippen molar-refractivity contribution in [2.24, 2.45) is 0 Å². The second-order valence-electron chi connectivity index (χ2n) is 11.7. The lowest BCUT2D eigenvalue weighted by molar-refractivity contribution is 1.08. The van der Waals surface area contributed by atoms with E-state index in [1.54, 1.807) is 11.3 Å². The van der Waals surface area contributed by atoms with Crippen molar-refractivity contribution in [2.45, 2.75) is 0 Å². The molecule has 0 atom stereocenters. The number of hydrogen-bond acceptors (Lipinski definition) is 4. The van der Waals surface area contributed by atoms with Crippen molar-refractivity contribution in [1.82, 2.24) is 15.0 Å². The van der Waals surface area contributed by atoms with Gasteiger partial charge in [0.15, 0.2) is 17.5 Å². The highest BCUT2D eigenvalue weighted by Gasteiger charge is 2.15. The van der Waals surface area contributed by atoms with Crippen LogP contribution in [0.5, 0.6) is 0 Å². The van der Waals surface area contributed by atoms with Crippen molar-refractivity contribution in [1.29, 1.82) is 0 Å². The fourth-order valence-corrected chi connectivity index (χ4v) is 7.40. The number of hydrogen-bond donors (Lipinski definition) is 0. The van der Waals surface area contributed by atoms with E-state index in [4.69, 9.17) is 15.0 Å². The number of nitrogens with zero attached hydrogens (tertiary/aromatic N) is 3. The van der Waals surface area contributed by atoms with Crippen LogP contribution in [0.25, 0.3) is 87.4 Å². The molecule has 0 aliphatic heterocycles. The molecule has 9 aromatic rings. The predicted octanol–water partition coefficient (Wildman–Crippen LogP) is 11.7. The van der Waals surface area contributed by atoms with Gasteiger partial charge in [0, 0.05) is 36.9 Å². The normalized spacial score (nSPS) is 11.4. The van der Waals surface area contributed by atoms with Gasteiger partial charge < -0.3 is 0 Å². The first-order valence-corrected chi connectivity index (χ1v) is 16.5. The fourth-order valence-electron chi connectivity index (χ4n) is 6.27. The maximum atomic E-state index is 5.07. The van der Waals surface area contributed by atoms with Crippen molar-refractivity contribution >= 4 is 42.3 Å². The molecule has 2 aromatic heterocycles. The number of thiophene rings is 1. The summed E-state index contributed by atoms with van der Waals surface area (Å²) in [6, 6.07) is 57.6. The molecule has 7 aromatic carbocycles. The van der Waals surface area contributed by atoms with Gasteiger partial charge in [-0.2, -0.15) is 0 Å². The molecule has 2 heterocycles. The van der Waals surface area contributed by atoms with Crippen molar-refractivity contribution in [3.8, 4) is 56.4 Å².